The van der Waals surface area contributed by atoms with Crippen molar-refractivity contribution in [3.05, 3.63) is 11.3 Å². The highest BCUT2D eigenvalue weighted by Gasteiger charge is 2.41. The highest BCUT2D eigenvalue weighted by molar-refractivity contribution is 5.99. The van der Waals surface area contributed by atoms with E-state index in [0.29, 0.717) is 24.4 Å². The number of nitrogens with zero attached hydrogens (tertiary/aromatic N) is 2. The van der Waals surface area contributed by atoms with Crippen molar-refractivity contribution in [2.45, 2.75) is 44.6 Å². The maximum atomic E-state index is 11.7. The molecule has 1 aliphatic carbocycles. The summed E-state index contributed by atoms with van der Waals surface area (Å²) in [4.78, 5) is 23.2. The van der Waals surface area contributed by atoms with Gasteiger partial charge in [-0.15, -0.1) is 0 Å². The van der Waals surface area contributed by atoms with Crippen LogP contribution in [-0.2, 0) is 11.8 Å². The average Bonchev–Trinajstić information content (AvgIpc) is 2.65. The Balaban J connectivity index is 2.41. The van der Waals surface area contributed by atoms with E-state index < -0.39 is 17.4 Å². The zero-order valence-corrected chi connectivity index (χ0v) is 11.8. The molecular formula is C13H20N4O3. The number of hydrogen-bond acceptors (Lipinski definition) is 4. The molecule has 110 valence electrons. The van der Waals surface area contributed by atoms with Crippen LogP contribution in [0, 0.1) is 6.92 Å². The monoisotopic (exact) mass is 280 g/mol. The van der Waals surface area contributed by atoms with E-state index >= 15 is 0 Å². The lowest BCUT2D eigenvalue weighted by Crippen LogP contribution is -2.48. The summed E-state index contributed by atoms with van der Waals surface area (Å²) in [6, 6.07) is 0. The SMILES string of the molecule is Cc1nn(C)c(NC2(C(=O)O)CCCCC2)c1C(N)=O. The summed E-state index contributed by atoms with van der Waals surface area (Å²) < 4.78 is 1.48. The molecule has 7 heteroatoms. The average molecular weight is 280 g/mol. The zero-order valence-electron chi connectivity index (χ0n) is 11.8. The Morgan fingerprint density at radius 2 is 1.95 bits per heavy atom. The zero-order chi connectivity index (χ0) is 14.9. The van der Waals surface area contributed by atoms with Gasteiger partial charge in [0.1, 0.15) is 16.9 Å². The van der Waals surface area contributed by atoms with Gasteiger partial charge < -0.3 is 16.2 Å². The minimum atomic E-state index is -1.04. The van der Waals surface area contributed by atoms with Gasteiger partial charge in [0.2, 0.25) is 0 Å². The van der Waals surface area contributed by atoms with Crippen molar-refractivity contribution in [2.24, 2.45) is 12.8 Å². The molecule has 1 aliphatic rings. The molecule has 0 spiro atoms. The van der Waals surface area contributed by atoms with E-state index in [0.717, 1.165) is 19.3 Å². The fourth-order valence-corrected chi connectivity index (χ4v) is 2.87. The lowest BCUT2D eigenvalue weighted by Gasteiger charge is -2.34. The van der Waals surface area contributed by atoms with E-state index in [2.05, 4.69) is 10.4 Å². The summed E-state index contributed by atoms with van der Waals surface area (Å²) >= 11 is 0. The number of rotatable bonds is 4. The Morgan fingerprint density at radius 3 is 2.45 bits per heavy atom. The summed E-state index contributed by atoms with van der Waals surface area (Å²) in [5, 5.41) is 16.8. The number of anilines is 1. The maximum absolute atomic E-state index is 11.7. The quantitative estimate of drug-likeness (QED) is 0.763. The maximum Gasteiger partial charge on any atom is 0.329 e. The molecule has 0 saturated heterocycles. The molecule has 0 atom stereocenters. The first-order valence-corrected chi connectivity index (χ1v) is 6.72. The number of aromatic nitrogens is 2. The van der Waals surface area contributed by atoms with Gasteiger partial charge in [-0.2, -0.15) is 5.10 Å². The topological polar surface area (TPSA) is 110 Å². The Bertz CT molecular complexity index is 544. The van der Waals surface area contributed by atoms with Crippen molar-refractivity contribution in [3.8, 4) is 0 Å². The molecule has 0 bridgehead atoms. The number of carbonyl (C=O) groups is 2. The minimum absolute atomic E-state index is 0.263. The number of aryl methyl sites for hydroxylation is 2. The van der Waals surface area contributed by atoms with Gasteiger partial charge in [-0.25, -0.2) is 4.79 Å². The van der Waals surface area contributed by atoms with Crippen LogP contribution in [-0.4, -0.2) is 32.3 Å². The fraction of sp³-hybridized carbons (Fsp3) is 0.615. The number of amides is 1. The van der Waals surface area contributed by atoms with Crippen LogP contribution in [0.1, 0.15) is 48.2 Å². The first-order valence-electron chi connectivity index (χ1n) is 6.72. The van der Waals surface area contributed by atoms with Gasteiger partial charge in [-0.1, -0.05) is 19.3 Å². The van der Waals surface area contributed by atoms with E-state index in [9.17, 15) is 14.7 Å². The van der Waals surface area contributed by atoms with Crippen molar-refractivity contribution in [1.82, 2.24) is 9.78 Å². The fourth-order valence-electron chi connectivity index (χ4n) is 2.87. The van der Waals surface area contributed by atoms with Gasteiger partial charge in [-0.3, -0.25) is 9.48 Å². The molecule has 1 saturated carbocycles. The predicted molar refractivity (Wildman–Crippen MR) is 73.5 cm³/mol. The molecule has 4 N–H and O–H groups in total. The molecule has 1 aromatic heterocycles. The summed E-state index contributed by atoms with van der Waals surface area (Å²) in [7, 11) is 1.67. The number of carbonyl (C=O) groups excluding carboxylic acids is 1. The molecule has 1 heterocycles. The van der Waals surface area contributed by atoms with Crippen LogP contribution >= 0.6 is 0 Å². The summed E-state index contributed by atoms with van der Waals surface area (Å²) in [6.07, 6.45) is 3.80. The summed E-state index contributed by atoms with van der Waals surface area (Å²) in [5.41, 5.74) is 5.10. The first-order chi connectivity index (χ1) is 9.37. The molecule has 2 rings (SSSR count). The number of carboxylic acid groups (broad SMARTS) is 1. The third-order valence-corrected chi connectivity index (χ3v) is 3.94. The van der Waals surface area contributed by atoms with Gasteiger partial charge in [0, 0.05) is 7.05 Å². The highest BCUT2D eigenvalue weighted by Crippen LogP contribution is 2.33. The normalized spacial score (nSPS) is 17.7. The van der Waals surface area contributed by atoms with Gasteiger partial charge in [-0.05, 0) is 19.8 Å². The Hall–Kier alpha value is -2.05. The molecule has 1 amide bonds. The number of primary amides is 1. The standard InChI is InChI=1S/C13H20N4O3/c1-8-9(10(14)18)11(17(2)16-8)15-13(12(19)20)6-4-3-5-7-13/h15H,3-7H2,1-2H3,(H2,14,18)(H,19,20). The summed E-state index contributed by atoms with van der Waals surface area (Å²) in [6.45, 7) is 1.68. The van der Waals surface area contributed by atoms with E-state index in [1.54, 1.807) is 14.0 Å². The highest BCUT2D eigenvalue weighted by atomic mass is 16.4. The van der Waals surface area contributed by atoms with Crippen LogP contribution in [0.5, 0.6) is 0 Å². The number of hydrogen-bond donors (Lipinski definition) is 3. The number of carboxylic acids is 1. The van der Waals surface area contributed by atoms with Crippen molar-refractivity contribution in [2.75, 3.05) is 5.32 Å². The van der Waals surface area contributed by atoms with Gasteiger partial charge >= 0.3 is 5.97 Å². The van der Waals surface area contributed by atoms with Crippen LogP contribution in [0.15, 0.2) is 0 Å². The summed E-state index contributed by atoms with van der Waals surface area (Å²) in [5.74, 6) is -1.11. The largest absolute Gasteiger partial charge is 0.480 e. The lowest BCUT2D eigenvalue weighted by molar-refractivity contribution is -0.143. The van der Waals surface area contributed by atoms with E-state index in [1.807, 2.05) is 0 Å². The number of aliphatic carboxylic acids is 1. The number of nitrogens with one attached hydrogen (secondary N) is 1. The van der Waals surface area contributed by atoms with Crippen LogP contribution < -0.4 is 11.1 Å². The predicted octanol–water partition coefficient (Wildman–Crippen LogP) is 1.03. The third kappa shape index (κ3) is 2.35. The third-order valence-electron chi connectivity index (χ3n) is 3.94. The molecule has 0 aliphatic heterocycles. The molecule has 20 heavy (non-hydrogen) atoms. The van der Waals surface area contributed by atoms with Gasteiger partial charge in [0.05, 0.1) is 5.69 Å². The van der Waals surface area contributed by atoms with Crippen LogP contribution in [0.4, 0.5) is 5.82 Å². The molecular weight excluding hydrogens is 260 g/mol. The second-order valence-corrected chi connectivity index (χ2v) is 5.37. The molecule has 1 fully saturated rings. The van der Waals surface area contributed by atoms with Crippen molar-refractivity contribution < 1.29 is 14.7 Å². The van der Waals surface area contributed by atoms with Crippen LogP contribution in [0.3, 0.4) is 0 Å². The van der Waals surface area contributed by atoms with Crippen LogP contribution in [0.25, 0.3) is 0 Å². The smallest absolute Gasteiger partial charge is 0.329 e. The van der Waals surface area contributed by atoms with Gasteiger partial charge in [0.15, 0.2) is 0 Å². The van der Waals surface area contributed by atoms with Crippen LogP contribution in [0.2, 0.25) is 0 Å². The van der Waals surface area contributed by atoms with Crippen molar-refractivity contribution in [1.29, 1.82) is 0 Å². The second-order valence-electron chi connectivity index (χ2n) is 5.37. The molecule has 0 unspecified atom stereocenters. The van der Waals surface area contributed by atoms with E-state index in [1.165, 1.54) is 4.68 Å². The molecule has 7 nitrogen and oxygen atoms in total. The lowest BCUT2D eigenvalue weighted by atomic mass is 9.81. The minimum Gasteiger partial charge on any atom is -0.480 e. The molecule has 1 aromatic rings. The first kappa shape index (κ1) is 14.4. The van der Waals surface area contributed by atoms with Crippen molar-refractivity contribution in [3.63, 3.8) is 0 Å². The van der Waals surface area contributed by atoms with Gasteiger partial charge in [0.25, 0.3) is 5.91 Å². The number of nitrogens with two attached hydrogens (primary N) is 1. The van der Waals surface area contributed by atoms with Crippen molar-refractivity contribution >= 4 is 17.7 Å². The molecule has 0 radical (unpaired) electrons. The Kier molecular flexibility index (Phi) is 3.69. The Morgan fingerprint density at radius 1 is 1.35 bits per heavy atom. The second kappa shape index (κ2) is 5.15. The Labute approximate surface area is 117 Å². The van der Waals surface area contributed by atoms with E-state index in [4.69, 9.17) is 5.73 Å². The molecule has 0 aromatic carbocycles. The van der Waals surface area contributed by atoms with E-state index in [-0.39, 0.29) is 5.56 Å².